The fraction of sp³-hybridized carbons (Fsp3) is 0.700. The van der Waals surface area contributed by atoms with Gasteiger partial charge in [-0.3, -0.25) is 0 Å². The lowest BCUT2D eigenvalue weighted by Crippen LogP contribution is -2.48. The lowest BCUT2D eigenvalue weighted by Gasteiger charge is -2.38. The van der Waals surface area contributed by atoms with Gasteiger partial charge in [0.1, 0.15) is 11.9 Å². The van der Waals surface area contributed by atoms with Crippen molar-refractivity contribution in [2.75, 3.05) is 37.6 Å². The van der Waals surface area contributed by atoms with Gasteiger partial charge in [-0.15, -0.1) is 0 Å². The molecule has 0 aromatic heterocycles. The molecule has 0 radical (unpaired) electrons. The van der Waals surface area contributed by atoms with Crippen LogP contribution in [-0.4, -0.2) is 60.5 Å². The Morgan fingerprint density at radius 1 is 1.12 bits per heavy atom. The summed E-state index contributed by atoms with van der Waals surface area (Å²) in [6.07, 6.45) is 4.00. The van der Waals surface area contributed by atoms with Crippen molar-refractivity contribution in [2.45, 2.75) is 57.3 Å². The maximum atomic E-state index is 10.2. The van der Waals surface area contributed by atoms with E-state index in [2.05, 4.69) is 47.9 Å². The van der Waals surface area contributed by atoms with Gasteiger partial charge in [-0.25, -0.2) is 0 Å². The summed E-state index contributed by atoms with van der Waals surface area (Å²) in [6, 6.07) is 9.04. The summed E-state index contributed by atoms with van der Waals surface area (Å²) in [6.45, 7) is 8.81. The van der Waals surface area contributed by atoms with Gasteiger partial charge in [-0.2, -0.15) is 0 Å². The molecule has 1 aromatic carbocycles. The molecule has 0 spiro atoms. The number of anilines is 1. The average Bonchev–Trinajstić information content (AvgIpc) is 2.64. The average molecular weight is 348 g/mol. The van der Waals surface area contributed by atoms with E-state index in [4.69, 9.17) is 10.5 Å². The van der Waals surface area contributed by atoms with Gasteiger partial charge in [-0.1, -0.05) is 0 Å². The highest BCUT2D eigenvalue weighted by Crippen LogP contribution is 2.28. The lowest BCUT2D eigenvalue weighted by atomic mass is 9.91. The molecule has 25 heavy (non-hydrogen) atoms. The molecule has 0 atom stereocenters. The smallest absolute Gasteiger partial charge is 0.119 e. The molecule has 2 aliphatic rings. The van der Waals surface area contributed by atoms with Crippen molar-refractivity contribution in [2.24, 2.45) is 5.73 Å². The van der Waals surface area contributed by atoms with Crippen LogP contribution in [0.4, 0.5) is 5.69 Å². The van der Waals surface area contributed by atoms with Crippen LogP contribution < -0.4 is 15.4 Å². The lowest BCUT2D eigenvalue weighted by molar-refractivity contribution is 0.0250. The number of likely N-dealkylation sites (tertiary alicyclic amines) is 1. The third-order valence-electron chi connectivity index (χ3n) is 5.79. The Kier molecular flexibility index (Phi) is 5.87. The number of rotatable bonds is 5. The summed E-state index contributed by atoms with van der Waals surface area (Å²) in [5.74, 6) is 0.960. The first-order valence-electron chi connectivity index (χ1n) is 9.67. The van der Waals surface area contributed by atoms with E-state index in [0.717, 1.165) is 57.6 Å². The van der Waals surface area contributed by atoms with Gasteiger partial charge in [0.25, 0.3) is 0 Å². The first-order chi connectivity index (χ1) is 12.0. The van der Waals surface area contributed by atoms with E-state index in [0.29, 0.717) is 18.7 Å². The Balaban J connectivity index is 1.50. The van der Waals surface area contributed by atoms with Gasteiger partial charge in [0.15, 0.2) is 0 Å². The molecule has 2 saturated heterocycles. The minimum Gasteiger partial charge on any atom is -0.490 e. The Morgan fingerprint density at radius 3 is 2.24 bits per heavy atom. The fourth-order valence-electron chi connectivity index (χ4n) is 3.82. The van der Waals surface area contributed by atoms with E-state index < -0.39 is 5.60 Å². The van der Waals surface area contributed by atoms with Crippen LogP contribution in [0.1, 0.15) is 39.5 Å². The normalized spacial score (nSPS) is 22.4. The topological polar surface area (TPSA) is 62.0 Å². The van der Waals surface area contributed by atoms with Crippen molar-refractivity contribution in [1.29, 1.82) is 0 Å². The van der Waals surface area contributed by atoms with Crippen LogP contribution in [0.25, 0.3) is 0 Å². The molecule has 2 fully saturated rings. The number of nitrogens with two attached hydrogens (primary N) is 1. The minimum absolute atomic E-state index is 0.329. The summed E-state index contributed by atoms with van der Waals surface area (Å²) < 4.78 is 6.17. The molecule has 0 unspecified atom stereocenters. The van der Waals surface area contributed by atoms with Gasteiger partial charge in [0.2, 0.25) is 0 Å². The number of hydrogen-bond acceptors (Lipinski definition) is 5. The SMILES string of the molecule is CC(C)N1CCC(Oc2ccc(N3CCC(O)(CN)CC3)cc2)CC1. The van der Waals surface area contributed by atoms with Crippen molar-refractivity contribution in [3.05, 3.63) is 24.3 Å². The number of hydrogen-bond donors (Lipinski definition) is 2. The summed E-state index contributed by atoms with van der Waals surface area (Å²) in [5.41, 5.74) is 6.19. The second-order valence-corrected chi connectivity index (χ2v) is 7.86. The molecule has 5 heteroatoms. The zero-order valence-corrected chi connectivity index (χ0v) is 15.7. The quantitative estimate of drug-likeness (QED) is 0.855. The zero-order valence-electron chi connectivity index (χ0n) is 15.7. The Hall–Kier alpha value is -1.30. The highest BCUT2D eigenvalue weighted by atomic mass is 16.5. The summed E-state index contributed by atoms with van der Waals surface area (Å²) in [5, 5.41) is 10.2. The third kappa shape index (κ3) is 4.66. The Morgan fingerprint density at radius 2 is 1.72 bits per heavy atom. The predicted octanol–water partition coefficient (Wildman–Crippen LogP) is 2.23. The number of aliphatic hydroxyl groups is 1. The van der Waals surface area contributed by atoms with Crippen LogP contribution in [0.2, 0.25) is 0 Å². The van der Waals surface area contributed by atoms with E-state index in [9.17, 15) is 5.11 Å². The predicted molar refractivity (Wildman–Crippen MR) is 102 cm³/mol. The number of piperidine rings is 2. The third-order valence-corrected chi connectivity index (χ3v) is 5.79. The zero-order chi connectivity index (χ0) is 17.9. The van der Waals surface area contributed by atoms with E-state index in [1.807, 2.05) is 0 Å². The maximum Gasteiger partial charge on any atom is 0.119 e. The molecule has 0 bridgehead atoms. The molecule has 3 rings (SSSR count). The van der Waals surface area contributed by atoms with Crippen LogP contribution in [0.3, 0.4) is 0 Å². The van der Waals surface area contributed by atoms with E-state index in [-0.39, 0.29) is 0 Å². The Labute approximate surface area is 151 Å². The monoisotopic (exact) mass is 347 g/mol. The van der Waals surface area contributed by atoms with Gasteiger partial charge in [0.05, 0.1) is 5.60 Å². The van der Waals surface area contributed by atoms with Crippen LogP contribution in [-0.2, 0) is 0 Å². The molecule has 140 valence electrons. The molecule has 0 saturated carbocycles. The van der Waals surface area contributed by atoms with E-state index in [1.165, 1.54) is 5.69 Å². The number of nitrogens with zero attached hydrogens (tertiary/aromatic N) is 2. The number of ether oxygens (including phenoxy) is 1. The summed E-state index contributed by atoms with van der Waals surface area (Å²) in [4.78, 5) is 4.83. The van der Waals surface area contributed by atoms with Crippen LogP contribution >= 0.6 is 0 Å². The van der Waals surface area contributed by atoms with Crippen molar-refractivity contribution < 1.29 is 9.84 Å². The van der Waals surface area contributed by atoms with Crippen LogP contribution in [0.15, 0.2) is 24.3 Å². The van der Waals surface area contributed by atoms with Crippen molar-refractivity contribution in [3.8, 4) is 5.75 Å². The maximum absolute atomic E-state index is 10.2. The molecule has 2 aliphatic heterocycles. The van der Waals surface area contributed by atoms with Gasteiger partial charge in [0, 0.05) is 44.5 Å². The molecule has 0 aliphatic carbocycles. The molecular formula is C20H33N3O2. The fourth-order valence-corrected chi connectivity index (χ4v) is 3.82. The van der Waals surface area contributed by atoms with Gasteiger partial charge < -0.3 is 25.4 Å². The summed E-state index contributed by atoms with van der Waals surface area (Å²) in [7, 11) is 0. The van der Waals surface area contributed by atoms with Crippen LogP contribution in [0, 0.1) is 0 Å². The minimum atomic E-state index is -0.676. The molecule has 5 nitrogen and oxygen atoms in total. The molecular weight excluding hydrogens is 314 g/mol. The Bertz CT molecular complexity index is 530. The highest BCUT2D eigenvalue weighted by molar-refractivity contribution is 5.49. The second kappa shape index (κ2) is 7.94. The van der Waals surface area contributed by atoms with Crippen LogP contribution in [0.5, 0.6) is 5.75 Å². The molecule has 3 N–H and O–H groups in total. The first kappa shape index (κ1) is 18.5. The molecule has 2 heterocycles. The largest absolute Gasteiger partial charge is 0.490 e. The first-order valence-corrected chi connectivity index (χ1v) is 9.67. The van der Waals surface area contributed by atoms with Crippen molar-refractivity contribution >= 4 is 5.69 Å². The van der Waals surface area contributed by atoms with Gasteiger partial charge in [-0.05, 0) is 63.8 Å². The standard InChI is InChI=1S/C20H33N3O2/c1-16(2)22-11-7-19(8-12-22)25-18-5-3-17(4-6-18)23-13-9-20(24,15-21)10-14-23/h3-6,16,19,24H,7-15,21H2,1-2H3. The van der Waals surface area contributed by atoms with Gasteiger partial charge >= 0.3 is 0 Å². The van der Waals surface area contributed by atoms with Crippen molar-refractivity contribution in [3.63, 3.8) is 0 Å². The molecule has 0 amide bonds. The van der Waals surface area contributed by atoms with E-state index >= 15 is 0 Å². The highest BCUT2D eigenvalue weighted by Gasteiger charge is 2.30. The summed E-state index contributed by atoms with van der Waals surface area (Å²) >= 11 is 0. The second-order valence-electron chi connectivity index (χ2n) is 7.86. The van der Waals surface area contributed by atoms with Crippen molar-refractivity contribution in [1.82, 2.24) is 4.90 Å². The molecule has 1 aromatic rings. The van der Waals surface area contributed by atoms with E-state index in [1.54, 1.807) is 0 Å². The number of benzene rings is 1.